The Bertz CT molecular complexity index is 355. The van der Waals surface area contributed by atoms with Gasteiger partial charge in [-0.25, -0.2) is 0 Å². The lowest BCUT2D eigenvalue weighted by molar-refractivity contribution is 0.118. The Morgan fingerprint density at radius 3 is 2.73 bits per heavy atom. The molecule has 1 aliphatic rings. The molecule has 0 spiro atoms. The van der Waals surface area contributed by atoms with Crippen molar-refractivity contribution in [3.05, 3.63) is 30.3 Å². The first-order valence-electron chi connectivity index (χ1n) is 5.00. The summed E-state index contributed by atoms with van der Waals surface area (Å²) in [4.78, 5) is 1.75. The van der Waals surface area contributed by atoms with Crippen LogP contribution in [0.25, 0.3) is 0 Å². The van der Waals surface area contributed by atoms with Gasteiger partial charge in [-0.2, -0.15) is 0 Å². The fraction of sp³-hybridized carbons (Fsp3) is 0.364. The van der Waals surface area contributed by atoms with Gasteiger partial charge in [-0.1, -0.05) is 25.1 Å². The molecule has 1 heterocycles. The Morgan fingerprint density at radius 2 is 2.07 bits per heavy atom. The summed E-state index contributed by atoms with van der Waals surface area (Å²) in [5.41, 5.74) is 0.925. The van der Waals surface area contributed by atoms with Gasteiger partial charge in [0, 0.05) is 18.2 Å². The van der Waals surface area contributed by atoms with E-state index in [2.05, 4.69) is 5.32 Å². The number of hydrogen-bond donors (Lipinski definition) is 2. The summed E-state index contributed by atoms with van der Waals surface area (Å²) >= 11 is 5.19. The first-order valence-corrected chi connectivity index (χ1v) is 5.41. The van der Waals surface area contributed by atoms with Gasteiger partial charge >= 0.3 is 0 Å². The highest BCUT2D eigenvalue weighted by Gasteiger charge is 2.30. The van der Waals surface area contributed by atoms with Gasteiger partial charge in [-0.15, -0.1) is 0 Å². The van der Waals surface area contributed by atoms with Crippen LogP contribution in [-0.2, 0) is 0 Å². The van der Waals surface area contributed by atoms with E-state index in [1.165, 1.54) is 0 Å². The molecule has 2 rings (SSSR count). The molecule has 1 fully saturated rings. The Labute approximate surface area is 94.7 Å². The zero-order chi connectivity index (χ0) is 10.8. The molecule has 0 bridgehead atoms. The normalized spacial score (nSPS) is 26.3. The van der Waals surface area contributed by atoms with Crippen LogP contribution in [0.2, 0.25) is 0 Å². The number of rotatable bonds is 1. The monoisotopic (exact) mass is 222 g/mol. The largest absolute Gasteiger partial charge is 0.373 e. The van der Waals surface area contributed by atoms with Gasteiger partial charge in [-0.3, -0.25) is 4.90 Å². The van der Waals surface area contributed by atoms with Crippen molar-refractivity contribution < 1.29 is 5.11 Å². The third kappa shape index (κ3) is 1.96. The summed E-state index contributed by atoms with van der Waals surface area (Å²) in [5.74, 6) is 0.164. The number of nitrogens with one attached hydrogen (secondary N) is 1. The predicted molar refractivity (Wildman–Crippen MR) is 64.7 cm³/mol. The molecule has 3 nitrogen and oxygen atoms in total. The van der Waals surface area contributed by atoms with Crippen LogP contribution >= 0.6 is 12.2 Å². The van der Waals surface area contributed by atoms with E-state index >= 15 is 0 Å². The molecule has 0 aromatic heterocycles. The van der Waals surface area contributed by atoms with Gasteiger partial charge < -0.3 is 10.4 Å². The minimum absolute atomic E-state index is 0.164. The molecule has 80 valence electrons. The highest BCUT2D eigenvalue weighted by atomic mass is 32.1. The molecule has 1 aromatic rings. The van der Waals surface area contributed by atoms with Crippen LogP contribution in [0.1, 0.15) is 6.92 Å². The Hall–Kier alpha value is -1.13. The maximum atomic E-state index is 10.1. The quantitative estimate of drug-likeness (QED) is 0.703. The second kappa shape index (κ2) is 4.16. The maximum absolute atomic E-state index is 10.1. The maximum Gasteiger partial charge on any atom is 0.175 e. The number of benzene rings is 1. The summed E-state index contributed by atoms with van der Waals surface area (Å²) in [6.07, 6.45) is -0.541. The van der Waals surface area contributed by atoms with Gasteiger partial charge in [-0.05, 0) is 24.4 Å². The molecule has 0 unspecified atom stereocenters. The highest BCUT2D eigenvalue weighted by Crippen LogP contribution is 2.22. The molecule has 1 saturated heterocycles. The SMILES string of the molecule is C[C@@H]1CNC(=S)N(c2ccccc2)[C@H]1O. The van der Waals surface area contributed by atoms with Crippen LogP contribution in [0.4, 0.5) is 5.69 Å². The van der Waals surface area contributed by atoms with E-state index in [1.54, 1.807) is 4.90 Å². The summed E-state index contributed by atoms with van der Waals surface area (Å²) in [7, 11) is 0. The molecule has 0 saturated carbocycles. The molecule has 0 amide bonds. The molecule has 0 aliphatic carbocycles. The van der Waals surface area contributed by atoms with Crippen molar-refractivity contribution in [1.29, 1.82) is 0 Å². The van der Waals surface area contributed by atoms with Crippen molar-refractivity contribution in [3.8, 4) is 0 Å². The van der Waals surface area contributed by atoms with Crippen LogP contribution in [0, 0.1) is 5.92 Å². The zero-order valence-electron chi connectivity index (χ0n) is 8.55. The number of hydrogen-bond acceptors (Lipinski definition) is 2. The van der Waals surface area contributed by atoms with Crippen molar-refractivity contribution in [2.75, 3.05) is 11.4 Å². The van der Waals surface area contributed by atoms with E-state index in [0.717, 1.165) is 12.2 Å². The van der Waals surface area contributed by atoms with Crippen molar-refractivity contribution in [3.63, 3.8) is 0 Å². The van der Waals surface area contributed by atoms with E-state index in [0.29, 0.717) is 5.11 Å². The lowest BCUT2D eigenvalue weighted by Gasteiger charge is -2.38. The van der Waals surface area contributed by atoms with Crippen LogP contribution in [-0.4, -0.2) is 23.0 Å². The van der Waals surface area contributed by atoms with Gasteiger partial charge in [0.25, 0.3) is 0 Å². The van der Waals surface area contributed by atoms with E-state index in [1.807, 2.05) is 37.3 Å². The Morgan fingerprint density at radius 1 is 1.40 bits per heavy atom. The number of thiocarbonyl (C=S) groups is 1. The first kappa shape index (κ1) is 10.4. The zero-order valence-corrected chi connectivity index (χ0v) is 9.37. The van der Waals surface area contributed by atoms with Gasteiger partial charge in [0.05, 0.1) is 0 Å². The smallest absolute Gasteiger partial charge is 0.175 e. The molecule has 1 aliphatic heterocycles. The number of aliphatic hydroxyl groups excluding tert-OH is 1. The third-order valence-electron chi connectivity index (χ3n) is 2.60. The second-order valence-electron chi connectivity index (χ2n) is 3.78. The average Bonchev–Trinajstić information content (AvgIpc) is 2.26. The Kier molecular flexibility index (Phi) is 2.88. The van der Waals surface area contributed by atoms with Crippen molar-refractivity contribution in [2.24, 2.45) is 5.92 Å². The molecule has 4 heteroatoms. The summed E-state index contributed by atoms with van der Waals surface area (Å²) in [5, 5.41) is 13.8. The molecule has 0 radical (unpaired) electrons. The molecular formula is C11H14N2OS. The minimum atomic E-state index is -0.541. The van der Waals surface area contributed by atoms with Crippen molar-refractivity contribution in [2.45, 2.75) is 13.2 Å². The Balaban J connectivity index is 2.29. The fourth-order valence-electron chi connectivity index (χ4n) is 1.67. The number of aliphatic hydroxyl groups is 1. The lowest BCUT2D eigenvalue weighted by Crippen LogP contribution is -2.56. The van der Waals surface area contributed by atoms with Crippen LogP contribution in [0.3, 0.4) is 0 Å². The van der Waals surface area contributed by atoms with Gasteiger partial charge in [0.1, 0.15) is 6.23 Å². The summed E-state index contributed by atoms with van der Waals surface area (Å²) in [6.45, 7) is 2.72. The molecule has 1 aromatic carbocycles. The lowest BCUT2D eigenvalue weighted by atomic mass is 10.1. The molecule has 15 heavy (non-hydrogen) atoms. The highest BCUT2D eigenvalue weighted by molar-refractivity contribution is 7.80. The summed E-state index contributed by atoms with van der Waals surface area (Å²) in [6, 6.07) is 9.69. The topological polar surface area (TPSA) is 35.5 Å². The van der Waals surface area contributed by atoms with Crippen LogP contribution in [0.15, 0.2) is 30.3 Å². The van der Waals surface area contributed by atoms with E-state index in [-0.39, 0.29) is 5.92 Å². The van der Waals surface area contributed by atoms with E-state index in [4.69, 9.17) is 12.2 Å². The van der Waals surface area contributed by atoms with E-state index < -0.39 is 6.23 Å². The number of nitrogens with zero attached hydrogens (tertiary/aromatic N) is 1. The fourth-order valence-corrected chi connectivity index (χ4v) is 1.97. The molecular weight excluding hydrogens is 208 g/mol. The van der Waals surface area contributed by atoms with Crippen molar-refractivity contribution in [1.82, 2.24) is 5.32 Å². The number of para-hydroxylation sites is 1. The average molecular weight is 222 g/mol. The van der Waals surface area contributed by atoms with E-state index in [9.17, 15) is 5.11 Å². The van der Waals surface area contributed by atoms with Gasteiger partial charge in [0.2, 0.25) is 0 Å². The predicted octanol–water partition coefficient (Wildman–Crippen LogP) is 1.34. The van der Waals surface area contributed by atoms with Crippen LogP contribution in [0.5, 0.6) is 0 Å². The van der Waals surface area contributed by atoms with Crippen molar-refractivity contribution >= 4 is 23.0 Å². The van der Waals surface area contributed by atoms with Gasteiger partial charge in [0.15, 0.2) is 5.11 Å². The molecule has 2 N–H and O–H groups in total. The summed E-state index contributed by atoms with van der Waals surface area (Å²) < 4.78 is 0. The number of anilines is 1. The first-order chi connectivity index (χ1) is 7.20. The van der Waals surface area contributed by atoms with Crippen LogP contribution < -0.4 is 10.2 Å². The molecule has 2 atom stereocenters. The third-order valence-corrected chi connectivity index (χ3v) is 2.94. The standard InChI is InChI=1S/C11H14N2OS/c1-8-7-12-11(15)13(10(8)14)9-5-3-2-4-6-9/h2-6,8,10,14H,7H2,1H3,(H,12,15)/t8-,10+/m1/s1. The second-order valence-corrected chi connectivity index (χ2v) is 4.17. The minimum Gasteiger partial charge on any atom is -0.373 e.